The summed E-state index contributed by atoms with van der Waals surface area (Å²) >= 11 is 0. The average molecular weight is 519 g/mol. The molecule has 0 fully saturated rings. The predicted octanol–water partition coefficient (Wildman–Crippen LogP) is 4.35. The van der Waals surface area contributed by atoms with Gasteiger partial charge in [0.2, 0.25) is 0 Å². The Hall–Kier alpha value is -5.05. The molecule has 9 heteroatoms. The molecule has 9 nitrogen and oxygen atoms in total. The van der Waals surface area contributed by atoms with Crippen molar-refractivity contribution in [1.29, 1.82) is 0 Å². The zero-order valence-electron chi connectivity index (χ0n) is 20.6. The van der Waals surface area contributed by atoms with Crippen LogP contribution in [0.25, 0.3) is 0 Å². The molecule has 0 spiro atoms. The zero-order valence-corrected chi connectivity index (χ0v) is 20.6. The first kappa shape index (κ1) is 26.0. The van der Waals surface area contributed by atoms with E-state index in [1.165, 1.54) is 14.2 Å². The summed E-state index contributed by atoms with van der Waals surface area (Å²) < 4.78 is 10.6. The molecule has 0 saturated carbocycles. The van der Waals surface area contributed by atoms with Crippen molar-refractivity contribution in [3.8, 4) is 46.0 Å². The van der Waals surface area contributed by atoms with Crippen molar-refractivity contribution < 1.29 is 44.9 Å². The van der Waals surface area contributed by atoms with E-state index >= 15 is 0 Å². The Balaban J connectivity index is 1.82. The van der Waals surface area contributed by atoms with Crippen LogP contribution in [-0.2, 0) is 12.8 Å². The van der Waals surface area contributed by atoms with Gasteiger partial charge in [-0.1, -0.05) is 0 Å². The van der Waals surface area contributed by atoms with Crippen LogP contribution in [0, 0.1) is 0 Å². The molecule has 0 aliphatic carbocycles. The molecule has 6 N–H and O–H groups in total. The Morgan fingerprint density at radius 2 is 0.921 bits per heavy atom. The lowest BCUT2D eigenvalue weighted by molar-refractivity contribution is 0.103. The van der Waals surface area contributed by atoms with Gasteiger partial charge in [-0.05, 0) is 47.5 Å². The van der Waals surface area contributed by atoms with E-state index in [2.05, 4.69) is 0 Å². The molecule has 0 saturated heterocycles. The fraction of sp³-hybridized carbons (Fsp3) is 0.138. The van der Waals surface area contributed by atoms with Gasteiger partial charge in [-0.15, -0.1) is 0 Å². The van der Waals surface area contributed by atoms with Gasteiger partial charge < -0.3 is 40.1 Å². The number of phenolic OH excluding ortho intramolecular Hbond substituents is 6. The van der Waals surface area contributed by atoms with E-state index in [1.807, 2.05) is 0 Å². The van der Waals surface area contributed by atoms with E-state index < -0.39 is 5.78 Å². The second kappa shape index (κ2) is 10.5. The summed E-state index contributed by atoms with van der Waals surface area (Å²) in [5, 5.41) is 60.6. The van der Waals surface area contributed by atoms with Gasteiger partial charge in [0.15, 0.2) is 5.78 Å². The molecule has 0 radical (unpaired) electrons. The lowest BCUT2D eigenvalue weighted by Gasteiger charge is -2.16. The maximum Gasteiger partial charge on any atom is 0.193 e. The molecule has 38 heavy (non-hydrogen) atoms. The van der Waals surface area contributed by atoms with E-state index in [4.69, 9.17) is 9.47 Å². The first-order valence-corrected chi connectivity index (χ1v) is 11.5. The first-order valence-electron chi connectivity index (χ1n) is 11.5. The van der Waals surface area contributed by atoms with Crippen molar-refractivity contribution in [1.82, 2.24) is 0 Å². The van der Waals surface area contributed by atoms with Gasteiger partial charge in [0, 0.05) is 59.4 Å². The van der Waals surface area contributed by atoms with Crippen LogP contribution in [0.4, 0.5) is 0 Å². The quantitative estimate of drug-likeness (QED) is 0.187. The van der Waals surface area contributed by atoms with Crippen LogP contribution in [0.5, 0.6) is 46.0 Å². The molecular formula is C29H26O9. The summed E-state index contributed by atoms with van der Waals surface area (Å²) in [6.07, 6.45) is -0.109. The highest BCUT2D eigenvalue weighted by atomic mass is 16.5. The van der Waals surface area contributed by atoms with Gasteiger partial charge in [-0.2, -0.15) is 0 Å². The number of hydrogen-bond acceptors (Lipinski definition) is 9. The monoisotopic (exact) mass is 518 g/mol. The normalized spacial score (nSPS) is 10.8. The van der Waals surface area contributed by atoms with Gasteiger partial charge in [-0.25, -0.2) is 0 Å². The van der Waals surface area contributed by atoms with Crippen LogP contribution in [0.2, 0.25) is 0 Å². The lowest BCUT2D eigenvalue weighted by Crippen LogP contribution is -2.10. The van der Waals surface area contributed by atoms with Gasteiger partial charge in [0.05, 0.1) is 14.2 Å². The van der Waals surface area contributed by atoms with Gasteiger partial charge in [0.1, 0.15) is 46.0 Å². The van der Waals surface area contributed by atoms with Gasteiger partial charge in [0.25, 0.3) is 0 Å². The Labute approximate surface area is 218 Å². The van der Waals surface area contributed by atoms with Crippen LogP contribution in [0.15, 0.2) is 60.7 Å². The molecule has 0 aliphatic rings. The van der Waals surface area contributed by atoms with E-state index in [0.717, 1.165) is 24.3 Å². The number of carbonyl (C=O) groups excluding carboxylic acids is 1. The Kier molecular flexibility index (Phi) is 7.20. The molecule has 0 atom stereocenters. The maximum atomic E-state index is 13.9. The number of methoxy groups -OCH3 is 2. The second-order valence-corrected chi connectivity index (χ2v) is 8.65. The second-order valence-electron chi connectivity index (χ2n) is 8.65. The fourth-order valence-electron chi connectivity index (χ4n) is 4.27. The zero-order chi connectivity index (χ0) is 27.6. The number of hydrogen-bond donors (Lipinski definition) is 6. The lowest BCUT2D eigenvalue weighted by atomic mass is 9.89. The van der Waals surface area contributed by atoms with Crippen LogP contribution in [-0.4, -0.2) is 50.6 Å². The van der Waals surface area contributed by atoms with E-state index in [1.54, 1.807) is 36.4 Å². The van der Waals surface area contributed by atoms with E-state index in [9.17, 15) is 35.4 Å². The fourth-order valence-corrected chi connectivity index (χ4v) is 4.27. The third-order valence-corrected chi connectivity index (χ3v) is 6.22. The minimum atomic E-state index is -0.407. The number of ketones is 1. The average Bonchev–Trinajstić information content (AvgIpc) is 2.87. The Morgan fingerprint density at radius 3 is 1.24 bits per heavy atom. The van der Waals surface area contributed by atoms with Gasteiger partial charge >= 0.3 is 0 Å². The minimum absolute atomic E-state index is 0.0543. The molecule has 4 aromatic rings. The van der Waals surface area contributed by atoms with Crippen molar-refractivity contribution in [3.63, 3.8) is 0 Å². The molecule has 4 aromatic carbocycles. The predicted molar refractivity (Wildman–Crippen MR) is 138 cm³/mol. The number of benzene rings is 4. The van der Waals surface area contributed by atoms with Crippen LogP contribution >= 0.6 is 0 Å². The topological polar surface area (TPSA) is 157 Å². The van der Waals surface area contributed by atoms with Crippen molar-refractivity contribution in [3.05, 3.63) is 94.0 Å². The molecule has 0 bridgehead atoms. The molecule has 0 unspecified atom stereocenters. The highest BCUT2D eigenvalue weighted by molar-refractivity contribution is 6.11. The number of aromatic hydroxyl groups is 6. The Bertz CT molecular complexity index is 1370. The molecule has 196 valence electrons. The number of rotatable bonds is 8. The standard InChI is InChI=1S/C29H26O9/c1-37-19-3-5-21(15(7-19)9-23-25(32)11-17(30)12-26(23)33)29(36)22-6-4-20(38-2)8-16(22)10-24-27(34)13-18(31)14-28(24)35/h3-8,11-14,30-35H,9-10H2,1-2H3. The van der Waals surface area contributed by atoms with E-state index in [-0.39, 0.29) is 69.6 Å². The molecule has 0 heterocycles. The summed E-state index contributed by atoms with van der Waals surface area (Å²) in [6.45, 7) is 0. The summed E-state index contributed by atoms with van der Waals surface area (Å²) in [4.78, 5) is 13.9. The molecule has 0 aliphatic heterocycles. The molecular weight excluding hydrogens is 492 g/mol. The van der Waals surface area contributed by atoms with Crippen LogP contribution < -0.4 is 9.47 Å². The molecule has 0 amide bonds. The summed E-state index contributed by atoms with van der Waals surface area (Å²) in [5.74, 6) is -1.50. The minimum Gasteiger partial charge on any atom is -0.508 e. The SMILES string of the molecule is COc1ccc(C(=O)c2ccc(OC)cc2Cc2c(O)cc(O)cc2O)c(Cc2c(O)cc(O)cc2O)c1. The highest BCUT2D eigenvalue weighted by Gasteiger charge is 2.22. The van der Waals surface area contributed by atoms with Crippen molar-refractivity contribution in [2.24, 2.45) is 0 Å². The first-order chi connectivity index (χ1) is 18.1. The highest BCUT2D eigenvalue weighted by Crippen LogP contribution is 2.37. The summed E-state index contributed by atoms with van der Waals surface area (Å²) in [7, 11) is 2.93. The number of carbonyl (C=O) groups is 1. The summed E-state index contributed by atoms with van der Waals surface area (Å²) in [6, 6.07) is 13.9. The molecule has 4 rings (SSSR count). The third kappa shape index (κ3) is 5.22. The van der Waals surface area contributed by atoms with Crippen LogP contribution in [0.3, 0.4) is 0 Å². The van der Waals surface area contributed by atoms with Crippen molar-refractivity contribution in [2.75, 3.05) is 14.2 Å². The van der Waals surface area contributed by atoms with Gasteiger partial charge in [-0.3, -0.25) is 4.79 Å². The van der Waals surface area contributed by atoms with Crippen molar-refractivity contribution in [2.45, 2.75) is 12.8 Å². The smallest absolute Gasteiger partial charge is 0.193 e. The Morgan fingerprint density at radius 1 is 0.579 bits per heavy atom. The third-order valence-electron chi connectivity index (χ3n) is 6.22. The number of phenols is 6. The van der Waals surface area contributed by atoms with Crippen molar-refractivity contribution >= 4 is 5.78 Å². The maximum absolute atomic E-state index is 13.9. The van der Waals surface area contributed by atoms with E-state index in [0.29, 0.717) is 22.6 Å². The van der Waals surface area contributed by atoms with Crippen LogP contribution in [0.1, 0.15) is 38.2 Å². The molecule has 0 aromatic heterocycles. The summed E-state index contributed by atoms with van der Waals surface area (Å²) in [5.41, 5.74) is 1.59. The number of ether oxygens (including phenoxy) is 2. The largest absolute Gasteiger partial charge is 0.508 e.